The van der Waals surface area contributed by atoms with Crippen molar-refractivity contribution in [3.8, 4) is 11.8 Å². The number of carbonyl (C=O) groups excluding carboxylic acids is 5. The van der Waals surface area contributed by atoms with Crippen LogP contribution in [0.25, 0.3) is 0 Å². The summed E-state index contributed by atoms with van der Waals surface area (Å²) in [5.74, 6) is -6.00. The number of sulfone groups is 2. The fraction of sp³-hybridized carbons (Fsp3) is 0.432. The number of fused-ring (bicyclic) bond motifs is 1. The van der Waals surface area contributed by atoms with E-state index >= 15 is 0 Å². The number of nitrogens with zero attached hydrogens (tertiary/aromatic N) is 4. The highest BCUT2D eigenvalue weighted by atomic mass is 32.2. The molecule has 0 N–H and O–H groups in total. The first-order valence-corrected chi connectivity index (χ1v) is 24.8. The number of allylic oxidation sites excluding steroid dienone is 2. The van der Waals surface area contributed by atoms with Gasteiger partial charge in [0.1, 0.15) is 38.6 Å². The van der Waals surface area contributed by atoms with Crippen molar-refractivity contribution in [3.63, 3.8) is 0 Å². The molecule has 4 aromatic rings. The molecule has 5 atom stereocenters. The van der Waals surface area contributed by atoms with Crippen molar-refractivity contribution in [2.75, 3.05) is 26.4 Å². The number of hydrogen-bond donors (Lipinski definition) is 0. The van der Waals surface area contributed by atoms with Crippen LogP contribution in [0.1, 0.15) is 64.7 Å². The van der Waals surface area contributed by atoms with Gasteiger partial charge in [0.25, 0.3) is 19.7 Å². The molecule has 1 aliphatic heterocycles. The van der Waals surface area contributed by atoms with Crippen molar-refractivity contribution in [2.24, 2.45) is 11.8 Å². The fourth-order valence-electron chi connectivity index (χ4n) is 7.36. The summed E-state index contributed by atoms with van der Waals surface area (Å²) in [6.45, 7) is 0.0746. The second kappa shape index (κ2) is 24.3. The van der Waals surface area contributed by atoms with E-state index in [4.69, 9.17) is 33.2 Å². The maximum atomic E-state index is 13.2. The van der Waals surface area contributed by atoms with Crippen molar-refractivity contribution < 1.29 is 93.0 Å². The zero-order chi connectivity index (χ0) is 50.3. The monoisotopic (exact) mass is 1020 g/mol. The van der Waals surface area contributed by atoms with Gasteiger partial charge in [0, 0.05) is 12.0 Å². The summed E-state index contributed by atoms with van der Waals surface area (Å²) < 4.78 is 98.4. The second-order valence-electron chi connectivity index (χ2n) is 15.7. The van der Waals surface area contributed by atoms with E-state index in [1.54, 1.807) is 19.1 Å². The maximum Gasteiger partial charge on any atom is 0.415 e. The van der Waals surface area contributed by atoms with Crippen LogP contribution in [-0.4, -0.2) is 102 Å². The number of benzene rings is 2. The van der Waals surface area contributed by atoms with E-state index in [1.165, 1.54) is 54.6 Å². The van der Waals surface area contributed by atoms with Gasteiger partial charge in [0.05, 0.1) is 51.9 Å². The Morgan fingerprint density at radius 3 is 1.71 bits per heavy atom. The van der Waals surface area contributed by atoms with E-state index in [2.05, 4.69) is 19.6 Å². The van der Waals surface area contributed by atoms with E-state index < -0.39 is 135 Å². The van der Waals surface area contributed by atoms with Crippen molar-refractivity contribution in [1.82, 2.24) is 10.3 Å². The summed E-state index contributed by atoms with van der Waals surface area (Å²) in [4.78, 5) is 62.9. The molecule has 1 aliphatic carbocycles. The lowest BCUT2D eigenvalue weighted by molar-refractivity contribution is -0.832. The minimum absolute atomic E-state index is 0.178. The Kier molecular flexibility index (Phi) is 18.0. The highest BCUT2D eigenvalue weighted by molar-refractivity contribution is 7.91. The van der Waals surface area contributed by atoms with Gasteiger partial charge in [-0.05, 0) is 85.1 Å². The first kappa shape index (κ1) is 52.0. The van der Waals surface area contributed by atoms with Gasteiger partial charge >= 0.3 is 51.7 Å². The van der Waals surface area contributed by atoms with E-state index in [0.29, 0.717) is 25.7 Å². The number of cyclic esters (lactones) is 1. The number of carbonyl (C=O) groups is 5. The molecule has 2 aromatic heterocycles. The Labute approximate surface area is 399 Å². The molecule has 2 aliphatic rings. The second-order valence-corrected chi connectivity index (χ2v) is 19.4. The van der Waals surface area contributed by atoms with Crippen LogP contribution in [0, 0.1) is 22.3 Å². The van der Waals surface area contributed by atoms with Gasteiger partial charge in [-0.25, -0.2) is 21.6 Å². The zero-order valence-corrected chi connectivity index (χ0v) is 39.1. The van der Waals surface area contributed by atoms with Crippen LogP contribution in [0.3, 0.4) is 0 Å². The molecule has 1 saturated carbocycles. The molecule has 0 spiro atoms. The van der Waals surface area contributed by atoms with Crippen LogP contribution in [0.2, 0.25) is 0 Å². The summed E-state index contributed by atoms with van der Waals surface area (Å²) in [5, 5.41) is 29.1. The molecule has 24 nitrogen and oxygen atoms in total. The van der Waals surface area contributed by atoms with E-state index in [0.717, 1.165) is 6.08 Å². The normalized spacial score (nSPS) is 20.5. The standard InChI is InChI=1S/C44H48N4O20S2/c1-29-11-5-2-6-12-30-27-31(65-39(52)21-19-36(49)60-23-25-62-41-43(47(54)67-45-41)69(56,57)32-13-7-3-8-14-32)28-34(30)35(17-18-38(51)64-29)66-40(53)22-20-37(50)61-24-26-63-42-44(48(55)68-46-42)70(58,59)33-15-9-4-10-16-33/h3-4,6-10,12-18,29-31,34-35H,2,5,11,19-28H2,1H3/b12-6+,18-17+/t29-,30+,31-,34+,35+/m0/s1. The quantitative estimate of drug-likeness (QED) is 0.0404. The molecular formula is C44H48N4O20S2. The summed E-state index contributed by atoms with van der Waals surface area (Å²) >= 11 is 0. The molecule has 3 heterocycles. The van der Waals surface area contributed by atoms with Crippen LogP contribution in [-0.2, 0) is 67.3 Å². The van der Waals surface area contributed by atoms with E-state index in [9.17, 15) is 51.2 Å². The lowest BCUT2D eigenvalue weighted by atomic mass is 9.89. The molecule has 0 radical (unpaired) electrons. The minimum Gasteiger partial charge on any atom is -0.462 e. The Morgan fingerprint density at radius 1 is 0.686 bits per heavy atom. The van der Waals surface area contributed by atoms with Gasteiger partial charge in [-0.15, -0.1) is 0 Å². The predicted octanol–water partition coefficient (Wildman–Crippen LogP) is 2.78. The first-order valence-electron chi connectivity index (χ1n) is 21.8. The van der Waals surface area contributed by atoms with Crippen LogP contribution in [0.15, 0.2) is 114 Å². The first-order chi connectivity index (χ1) is 33.5. The van der Waals surface area contributed by atoms with E-state index in [-0.39, 0.29) is 44.5 Å². The van der Waals surface area contributed by atoms with Gasteiger partial charge in [0.15, 0.2) is 0 Å². The number of rotatable bonds is 20. The highest BCUT2D eigenvalue weighted by Gasteiger charge is 2.41. The summed E-state index contributed by atoms with van der Waals surface area (Å²) in [7, 11) is -8.75. The molecule has 376 valence electrons. The average molecular weight is 1020 g/mol. The summed E-state index contributed by atoms with van der Waals surface area (Å²) in [6, 6.07) is 14.0. The minimum atomic E-state index is -4.38. The lowest BCUT2D eigenvalue weighted by Gasteiger charge is -2.24. The molecule has 70 heavy (non-hydrogen) atoms. The molecular weight excluding hydrogens is 969 g/mol. The molecule has 6 rings (SSSR count). The van der Waals surface area contributed by atoms with Crippen LogP contribution in [0.4, 0.5) is 0 Å². The van der Waals surface area contributed by atoms with Gasteiger partial charge in [-0.1, -0.05) is 48.6 Å². The average Bonchev–Trinajstić information content (AvgIpc) is 4.05. The summed E-state index contributed by atoms with van der Waals surface area (Å²) in [5.41, 5.74) is 0. The maximum absolute atomic E-state index is 13.2. The van der Waals surface area contributed by atoms with Crippen molar-refractivity contribution in [3.05, 3.63) is 95.4 Å². The topological polar surface area (TPSA) is 324 Å². The van der Waals surface area contributed by atoms with Crippen LogP contribution < -0.4 is 19.3 Å². The molecule has 2 aromatic carbocycles. The molecule has 0 unspecified atom stereocenters. The predicted molar refractivity (Wildman–Crippen MR) is 230 cm³/mol. The number of aromatic nitrogens is 4. The molecule has 0 saturated heterocycles. The van der Waals surface area contributed by atoms with Crippen molar-refractivity contribution in [2.45, 2.75) is 103 Å². The van der Waals surface area contributed by atoms with Gasteiger partial charge in [0.2, 0.25) is 0 Å². The molecule has 1 fully saturated rings. The SMILES string of the molecule is C[C@H]1CCC/C=C/[C@@H]2C[C@H](OC(=O)CCC(=O)OCCOc3no[n+]([O-])c3S(=O)(=O)c3ccccc3)C[C@H]2[C@H](OC(=O)CCC(=O)OCCOc2no[n+]([O-])c2S(=O)(=O)c2ccccc2)/C=C/C(=O)O1. The molecule has 26 heteroatoms. The van der Waals surface area contributed by atoms with Crippen LogP contribution >= 0.6 is 0 Å². The highest BCUT2D eigenvalue weighted by Crippen LogP contribution is 2.39. The number of hydrogen-bond acceptors (Lipinski definition) is 22. The molecule has 0 bridgehead atoms. The third kappa shape index (κ3) is 14.1. The van der Waals surface area contributed by atoms with Gasteiger partial charge in [-0.2, -0.15) is 0 Å². The Balaban J connectivity index is 0.975. The Bertz CT molecular complexity index is 2740. The fourth-order valence-corrected chi connectivity index (χ4v) is 9.95. The van der Waals surface area contributed by atoms with E-state index in [1.807, 2.05) is 12.2 Å². The van der Waals surface area contributed by atoms with Gasteiger partial charge < -0.3 is 43.6 Å². The Morgan fingerprint density at radius 2 is 1.19 bits per heavy atom. The van der Waals surface area contributed by atoms with Crippen molar-refractivity contribution >= 4 is 49.5 Å². The largest absolute Gasteiger partial charge is 0.462 e. The molecule has 0 amide bonds. The Hall–Kier alpha value is -7.35. The smallest absolute Gasteiger partial charge is 0.415 e. The summed E-state index contributed by atoms with van der Waals surface area (Å²) in [6.07, 6.45) is 5.06. The third-order valence-corrected chi connectivity index (χ3v) is 14.1. The number of ether oxygens (including phenoxy) is 7. The van der Waals surface area contributed by atoms with Crippen molar-refractivity contribution in [1.29, 1.82) is 0 Å². The zero-order valence-electron chi connectivity index (χ0n) is 37.4. The van der Waals surface area contributed by atoms with Gasteiger partial charge in [-0.3, -0.25) is 28.4 Å². The number of esters is 5. The lowest BCUT2D eigenvalue weighted by Crippen LogP contribution is -2.31. The third-order valence-electron chi connectivity index (χ3n) is 10.7. The van der Waals surface area contributed by atoms with Crippen LogP contribution in [0.5, 0.6) is 11.8 Å².